The van der Waals surface area contributed by atoms with E-state index in [1.54, 1.807) is 0 Å². The van der Waals surface area contributed by atoms with Gasteiger partial charge in [-0.3, -0.25) is 4.79 Å². The molecule has 1 aromatic carbocycles. The fourth-order valence-electron chi connectivity index (χ4n) is 2.30. The predicted molar refractivity (Wildman–Crippen MR) is 80.2 cm³/mol. The van der Waals surface area contributed by atoms with Crippen LogP contribution in [0.4, 0.5) is 4.39 Å². The van der Waals surface area contributed by atoms with Crippen LogP contribution in [0.25, 0.3) is 0 Å². The van der Waals surface area contributed by atoms with Gasteiger partial charge in [-0.15, -0.1) is 11.8 Å². The summed E-state index contributed by atoms with van der Waals surface area (Å²) in [4.78, 5) is 25.2. The first kappa shape index (κ1) is 16.1. The zero-order chi connectivity index (χ0) is 15.6. The largest absolute Gasteiger partial charge is 0.480 e. The highest BCUT2D eigenvalue weighted by molar-refractivity contribution is 8.00. The Balaban J connectivity index is 2.37. The van der Waals surface area contributed by atoms with E-state index in [0.29, 0.717) is 12.2 Å². The van der Waals surface area contributed by atoms with Crippen molar-refractivity contribution in [3.8, 4) is 0 Å². The third-order valence-electron chi connectivity index (χ3n) is 3.33. The van der Waals surface area contributed by atoms with Crippen LogP contribution in [0.2, 0.25) is 5.02 Å². The highest BCUT2D eigenvalue weighted by Crippen LogP contribution is 2.34. The van der Waals surface area contributed by atoms with Gasteiger partial charge in [-0.05, 0) is 18.6 Å². The number of rotatable bonds is 4. The van der Waals surface area contributed by atoms with E-state index in [1.807, 2.05) is 6.92 Å². The third-order valence-corrected chi connectivity index (χ3v) is 4.98. The van der Waals surface area contributed by atoms with E-state index in [9.17, 15) is 19.1 Å². The summed E-state index contributed by atoms with van der Waals surface area (Å²) in [5.74, 6) is -2.18. The second-order valence-corrected chi connectivity index (χ2v) is 6.36. The quantitative estimate of drug-likeness (QED) is 0.920. The molecular weight excluding hydrogens is 317 g/mol. The lowest BCUT2D eigenvalue weighted by Crippen LogP contribution is -2.45. The van der Waals surface area contributed by atoms with Crippen molar-refractivity contribution in [2.24, 2.45) is 0 Å². The number of aliphatic carboxylic acids is 1. The van der Waals surface area contributed by atoms with Crippen LogP contribution < -0.4 is 0 Å². The van der Waals surface area contributed by atoms with Gasteiger partial charge in [0, 0.05) is 5.75 Å². The van der Waals surface area contributed by atoms with Crippen molar-refractivity contribution in [1.29, 1.82) is 0 Å². The number of thioether (sulfide) groups is 1. The minimum Gasteiger partial charge on any atom is -0.480 e. The number of carboxylic acids is 1. The van der Waals surface area contributed by atoms with Crippen molar-refractivity contribution in [1.82, 2.24) is 4.90 Å². The molecule has 1 heterocycles. The van der Waals surface area contributed by atoms with Gasteiger partial charge in [0.25, 0.3) is 5.91 Å². The van der Waals surface area contributed by atoms with Gasteiger partial charge in [0.1, 0.15) is 6.04 Å². The van der Waals surface area contributed by atoms with Gasteiger partial charge in [-0.25, -0.2) is 9.18 Å². The molecule has 7 heteroatoms. The fourth-order valence-corrected chi connectivity index (χ4v) is 3.99. The van der Waals surface area contributed by atoms with Crippen molar-refractivity contribution in [3.05, 3.63) is 34.6 Å². The Kier molecular flexibility index (Phi) is 5.11. The molecule has 0 aromatic heterocycles. The summed E-state index contributed by atoms with van der Waals surface area (Å²) in [6, 6.07) is 3.23. The molecule has 2 atom stereocenters. The maximum absolute atomic E-state index is 14.0. The summed E-state index contributed by atoms with van der Waals surface area (Å²) in [7, 11) is 0. The zero-order valence-corrected chi connectivity index (χ0v) is 13.0. The summed E-state index contributed by atoms with van der Waals surface area (Å²) < 4.78 is 14.0. The third kappa shape index (κ3) is 3.16. The van der Waals surface area contributed by atoms with Gasteiger partial charge in [0.15, 0.2) is 5.82 Å². The van der Waals surface area contributed by atoms with Gasteiger partial charge in [-0.2, -0.15) is 0 Å². The van der Waals surface area contributed by atoms with Crippen molar-refractivity contribution in [2.75, 3.05) is 5.75 Å². The van der Waals surface area contributed by atoms with Crippen LogP contribution in [0.15, 0.2) is 18.2 Å². The summed E-state index contributed by atoms with van der Waals surface area (Å²) in [5.41, 5.74) is -0.183. The van der Waals surface area contributed by atoms with Crippen LogP contribution in [-0.2, 0) is 4.79 Å². The number of benzene rings is 1. The lowest BCUT2D eigenvalue weighted by molar-refractivity contribution is -0.141. The molecular formula is C14H15ClFNO3S. The van der Waals surface area contributed by atoms with Gasteiger partial charge in [0.2, 0.25) is 0 Å². The summed E-state index contributed by atoms with van der Waals surface area (Å²) in [6.07, 6.45) is 1.48. The number of halogens is 2. The predicted octanol–water partition coefficient (Wildman–Crippen LogP) is 3.25. The molecule has 0 aliphatic carbocycles. The van der Waals surface area contributed by atoms with E-state index in [-0.39, 0.29) is 16.0 Å². The first-order chi connectivity index (χ1) is 9.97. The monoisotopic (exact) mass is 331 g/mol. The minimum absolute atomic E-state index is 0.147. The maximum Gasteiger partial charge on any atom is 0.327 e. The topological polar surface area (TPSA) is 57.6 Å². The first-order valence-electron chi connectivity index (χ1n) is 6.58. The summed E-state index contributed by atoms with van der Waals surface area (Å²) >= 11 is 7.11. The van der Waals surface area contributed by atoms with Crippen LogP contribution in [-0.4, -0.2) is 39.1 Å². The van der Waals surface area contributed by atoms with Crippen molar-refractivity contribution in [2.45, 2.75) is 31.2 Å². The molecule has 0 saturated carbocycles. The molecule has 114 valence electrons. The molecule has 21 heavy (non-hydrogen) atoms. The lowest BCUT2D eigenvalue weighted by atomic mass is 10.1. The Labute approximate surface area is 131 Å². The maximum atomic E-state index is 14.0. The second kappa shape index (κ2) is 6.66. The van der Waals surface area contributed by atoms with Crippen LogP contribution in [0.3, 0.4) is 0 Å². The Bertz CT molecular complexity index is 569. The van der Waals surface area contributed by atoms with E-state index < -0.39 is 23.7 Å². The summed E-state index contributed by atoms with van der Waals surface area (Å²) in [5, 5.41) is 8.87. The molecule has 0 radical (unpaired) electrons. The van der Waals surface area contributed by atoms with E-state index in [1.165, 1.54) is 34.9 Å². The standard InChI is InChI=1S/C14H15ClFNO3S/c1-2-4-11-17(10(7-21-11)14(19)20)13(18)8-5-3-6-9(15)12(8)16/h3,5-6,10-11H,2,4,7H2,1H3,(H,19,20). The molecule has 1 amide bonds. The number of carbonyl (C=O) groups is 2. The number of carbonyl (C=O) groups excluding carboxylic acids is 1. The number of nitrogens with zero attached hydrogens (tertiary/aromatic N) is 1. The molecule has 4 nitrogen and oxygen atoms in total. The molecule has 0 bridgehead atoms. The zero-order valence-electron chi connectivity index (χ0n) is 11.4. The molecule has 1 N–H and O–H groups in total. The number of carboxylic acid groups (broad SMARTS) is 1. The van der Waals surface area contributed by atoms with Crippen LogP contribution in [0, 0.1) is 5.82 Å². The number of hydrogen-bond acceptors (Lipinski definition) is 3. The fraction of sp³-hybridized carbons (Fsp3) is 0.429. The van der Waals surface area contributed by atoms with Crippen LogP contribution >= 0.6 is 23.4 Å². The number of amides is 1. The molecule has 1 aliphatic rings. The first-order valence-corrected chi connectivity index (χ1v) is 8.01. The Morgan fingerprint density at radius 3 is 2.86 bits per heavy atom. The molecule has 2 unspecified atom stereocenters. The summed E-state index contributed by atoms with van der Waals surface area (Å²) in [6.45, 7) is 1.96. The van der Waals surface area contributed by atoms with E-state index in [0.717, 1.165) is 6.42 Å². The highest BCUT2D eigenvalue weighted by Gasteiger charge is 2.42. The average Bonchev–Trinajstić information content (AvgIpc) is 2.85. The van der Waals surface area contributed by atoms with Gasteiger partial charge in [0.05, 0.1) is 16.0 Å². The second-order valence-electron chi connectivity index (χ2n) is 4.74. The normalized spacial score (nSPS) is 21.6. The van der Waals surface area contributed by atoms with Gasteiger partial charge < -0.3 is 10.0 Å². The van der Waals surface area contributed by atoms with E-state index >= 15 is 0 Å². The van der Waals surface area contributed by atoms with E-state index in [4.69, 9.17) is 11.6 Å². The Hall–Kier alpha value is -1.27. The molecule has 1 aromatic rings. The SMILES string of the molecule is CCCC1SCC(C(=O)O)N1C(=O)c1cccc(Cl)c1F. The Morgan fingerprint density at radius 2 is 2.24 bits per heavy atom. The van der Waals surface area contributed by atoms with Gasteiger partial charge in [-0.1, -0.05) is 31.0 Å². The molecule has 0 spiro atoms. The smallest absolute Gasteiger partial charge is 0.327 e. The number of hydrogen-bond donors (Lipinski definition) is 1. The average molecular weight is 332 g/mol. The Morgan fingerprint density at radius 1 is 1.52 bits per heavy atom. The molecule has 1 saturated heterocycles. The van der Waals surface area contributed by atoms with Crippen molar-refractivity contribution >= 4 is 35.2 Å². The van der Waals surface area contributed by atoms with Gasteiger partial charge >= 0.3 is 5.97 Å². The van der Waals surface area contributed by atoms with Crippen LogP contribution in [0.1, 0.15) is 30.1 Å². The van der Waals surface area contributed by atoms with Crippen LogP contribution in [0.5, 0.6) is 0 Å². The minimum atomic E-state index is -1.07. The molecule has 1 fully saturated rings. The molecule has 2 rings (SSSR count). The van der Waals surface area contributed by atoms with Crippen molar-refractivity contribution in [3.63, 3.8) is 0 Å². The lowest BCUT2D eigenvalue weighted by Gasteiger charge is -2.27. The van der Waals surface area contributed by atoms with Crippen molar-refractivity contribution < 1.29 is 19.1 Å². The highest BCUT2D eigenvalue weighted by atomic mass is 35.5. The molecule has 1 aliphatic heterocycles. The van der Waals surface area contributed by atoms with E-state index in [2.05, 4.69) is 0 Å².